The summed E-state index contributed by atoms with van der Waals surface area (Å²) in [6, 6.07) is 11.5. The van der Waals surface area contributed by atoms with Crippen LogP contribution < -0.4 is 10.6 Å². The Morgan fingerprint density at radius 1 is 1.04 bits per heavy atom. The zero-order valence-electron chi connectivity index (χ0n) is 14.4. The van der Waals surface area contributed by atoms with Crippen LogP contribution in [0.1, 0.15) is 11.1 Å². The number of aryl methyl sites for hydroxylation is 2. The molecule has 0 saturated carbocycles. The number of nitrogens with one attached hydrogen (secondary N) is 2. The Labute approximate surface area is 155 Å². The zero-order chi connectivity index (χ0) is 19.1. The summed E-state index contributed by atoms with van der Waals surface area (Å²) in [5, 5.41) is 16.1. The highest BCUT2D eigenvalue weighted by molar-refractivity contribution is 8.00. The monoisotopic (exact) mass is 373 g/mol. The van der Waals surface area contributed by atoms with Crippen molar-refractivity contribution >= 4 is 40.6 Å². The van der Waals surface area contributed by atoms with E-state index < -0.39 is 4.92 Å². The first-order valence-corrected chi connectivity index (χ1v) is 9.00. The van der Waals surface area contributed by atoms with Crippen LogP contribution in [0, 0.1) is 24.0 Å². The normalized spacial score (nSPS) is 10.2. The minimum absolute atomic E-state index is 0.0724. The average Bonchev–Trinajstić information content (AvgIpc) is 2.57. The van der Waals surface area contributed by atoms with Gasteiger partial charge in [0.2, 0.25) is 11.8 Å². The molecular weight excluding hydrogens is 354 g/mol. The van der Waals surface area contributed by atoms with Crippen molar-refractivity contribution in [3.8, 4) is 0 Å². The van der Waals surface area contributed by atoms with Crippen molar-refractivity contribution in [1.29, 1.82) is 0 Å². The minimum atomic E-state index is -0.526. The van der Waals surface area contributed by atoms with E-state index >= 15 is 0 Å². The van der Waals surface area contributed by atoms with Gasteiger partial charge in [-0.25, -0.2) is 0 Å². The number of nitrogens with zero attached hydrogens (tertiary/aromatic N) is 1. The maximum Gasteiger partial charge on any atom is 0.271 e. The Morgan fingerprint density at radius 2 is 1.73 bits per heavy atom. The fourth-order valence-electron chi connectivity index (χ4n) is 2.27. The number of nitro groups is 1. The van der Waals surface area contributed by atoms with Crippen molar-refractivity contribution in [3.05, 3.63) is 63.7 Å². The van der Waals surface area contributed by atoms with E-state index in [-0.39, 0.29) is 29.0 Å². The fourth-order valence-corrected chi connectivity index (χ4v) is 2.89. The SMILES string of the molecule is Cc1ccc(NC(=O)CSCC(=O)Nc2cccc([N+](=O)[O-])c2)c(C)c1. The highest BCUT2D eigenvalue weighted by atomic mass is 32.2. The number of nitro benzene ring substituents is 1. The average molecular weight is 373 g/mol. The lowest BCUT2D eigenvalue weighted by Crippen LogP contribution is -2.18. The van der Waals surface area contributed by atoms with Crippen LogP contribution in [0.4, 0.5) is 17.1 Å². The predicted molar refractivity (Wildman–Crippen MR) is 104 cm³/mol. The number of non-ortho nitro benzene ring substituents is 1. The summed E-state index contributed by atoms with van der Waals surface area (Å²) < 4.78 is 0. The van der Waals surface area contributed by atoms with Crippen molar-refractivity contribution < 1.29 is 14.5 Å². The number of rotatable bonds is 7. The minimum Gasteiger partial charge on any atom is -0.325 e. The molecule has 8 heteroatoms. The second-order valence-electron chi connectivity index (χ2n) is 5.71. The van der Waals surface area contributed by atoms with Crippen LogP contribution in [-0.2, 0) is 9.59 Å². The number of carbonyl (C=O) groups is 2. The summed E-state index contributed by atoms with van der Waals surface area (Å²) in [6.07, 6.45) is 0. The number of hydrogen-bond donors (Lipinski definition) is 2. The summed E-state index contributed by atoms with van der Waals surface area (Å²) in [5.41, 5.74) is 3.11. The molecule has 136 valence electrons. The summed E-state index contributed by atoms with van der Waals surface area (Å²) in [4.78, 5) is 34.1. The number of carbonyl (C=O) groups excluding carboxylic acids is 2. The second kappa shape index (κ2) is 9.00. The zero-order valence-corrected chi connectivity index (χ0v) is 15.3. The topological polar surface area (TPSA) is 101 Å². The van der Waals surface area contributed by atoms with E-state index in [2.05, 4.69) is 10.6 Å². The quantitative estimate of drug-likeness (QED) is 0.571. The number of hydrogen-bond acceptors (Lipinski definition) is 5. The number of amides is 2. The largest absolute Gasteiger partial charge is 0.325 e. The Bertz CT molecular complexity index is 839. The third-order valence-electron chi connectivity index (χ3n) is 3.46. The van der Waals surface area contributed by atoms with Crippen molar-refractivity contribution in [2.24, 2.45) is 0 Å². The van der Waals surface area contributed by atoms with Gasteiger partial charge in [-0.1, -0.05) is 23.8 Å². The van der Waals surface area contributed by atoms with Crippen LogP contribution in [0.5, 0.6) is 0 Å². The van der Waals surface area contributed by atoms with Gasteiger partial charge in [0.1, 0.15) is 0 Å². The lowest BCUT2D eigenvalue weighted by molar-refractivity contribution is -0.384. The molecule has 0 aliphatic rings. The summed E-state index contributed by atoms with van der Waals surface area (Å²) in [5.74, 6) is -0.307. The maximum absolute atomic E-state index is 12.0. The van der Waals surface area contributed by atoms with Crippen LogP contribution in [0.25, 0.3) is 0 Å². The molecule has 0 fully saturated rings. The molecule has 2 amide bonds. The molecule has 0 atom stereocenters. The van der Waals surface area contributed by atoms with Crippen LogP contribution in [-0.4, -0.2) is 28.2 Å². The smallest absolute Gasteiger partial charge is 0.271 e. The van der Waals surface area contributed by atoms with Gasteiger partial charge >= 0.3 is 0 Å². The third-order valence-corrected chi connectivity index (χ3v) is 4.40. The van der Waals surface area contributed by atoms with Crippen molar-refractivity contribution in [2.45, 2.75) is 13.8 Å². The number of benzene rings is 2. The van der Waals surface area contributed by atoms with Gasteiger partial charge in [-0.2, -0.15) is 0 Å². The van der Waals surface area contributed by atoms with Crippen LogP contribution in [0.3, 0.4) is 0 Å². The molecule has 2 N–H and O–H groups in total. The van der Waals surface area contributed by atoms with E-state index in [0.717, 1.165) is 16.8 Å². The van der Waals surface area contributed by atoms with E-state index in [1.54, 1.807) is 6.07 Å². The lowest BCUT2D eigenvalue weighted by Gasteiger charge is -2.09. The molecule has 0 spiro atoms. The molecule has 0 heterocycles. The van der Waals surface area contributed by atoms with Gasteiger partial charge in [0, 0.05) is 23.5 Å². The Balaban J connectivity index is 1.78. The Hall–Kier alpha value is -2.87. The molecule has 0 aliphatic carbocycles. The van der Waals surface area contributed by atoms with Crippen LogP contribution in [0.15, 0.2) is 42.5 Å². The first kappa shape index (κ1) is 19.5. The molecule has 2 aromatic rings. The third kappa shape index (κ3) is 5.89. The molecule has 0 saturated heterocycles. The first-order chi connectivity index (χ1) is 12.3. The van der Waals surface area contributed by atoms with Gasteiger partial charge in [-0.05, 0) is 31.5 Å². The second-order valence-corrected chi connectivity index (χ2v) is 6.70. The summed E-state index contributed by atoms with van der Waals surface area (Å²) >= 11 is 1.17. The van der Waals surface area contributed by atoms with Crippen molar-refractivity contribution in [2.75, 3.05) is 22.1 Å². The van der Waals surface area contributed by atoms with E-state index in [1.165, 1.54) is 30.0 Å². The fraction of sp³-hybridized carbons (Fsp3) is 0.222. The van der Waals surface area contributed by atoms with E-state index in [9.17, 15) is 19.7 Å². The number of thioether (sulfide) groups is 1. The Kier molecular flexibility index (Phi) is 6.74. The predicted octanol–water partition coefficient (Wildman–Crippen LogP) is 3.52. The van der Waals surface area contributed by atoms with Gasteiger partial charge in [0.05, 0.1) is 16.4 Å². The lowest BCUT2D eigenvalue weighted by atomic mass is 10.1. The maximum atomic E-state index is 12.0. The van der Waals surface area contributed by atoms with Crippen LogP contribution in [0.2, 0.25) is 0 Å². The van der Waals surface area contributed by atoms with Gasteiger partial charge in [-0.3, -0.25) is 19.7 Å². The molecule has 0 bridgehead atoms. The van der Waals surface area contributed by atoms with Gasteiger partial charge < -0.3 is 10.6 Å². The first-order valence-electron chi connectivity index (χ1n) is 7.84. The highest BCUT2D eigenvalue weighted by Crippen LogP contribution is 2.18. The molecule has 7 nitrogen and oxygen atoms in total. The van der Waals surface area contributed by atoms with Crippen molar-refractivity contribution in [3.63, 3.8) is 0 Å². The standard InChI is InChI=1S/C18H19N3O4S/c1-12-6-7-16(13(2)8-12)20-18(23)11-26-10-17(22)19-14-4-3-5-15(9-14)21(24)25/h3-9H,10-11H2,1-2H3,(H,19,22)(H,20,23). The summed E-state index contributed by atoms with van der Waals surface area (Å²) in [6.45, 7) is 3.90. The van der Waals surface area contributed by atoms with E-state index in [4.69, 9.17) is 0 Å². The molecule has 0 aliphatic heterocycles. The van der Waals surface area contributed by atoms with Crippen LogP contribution >= 0.6 is 11.8 Å². The molecule has 2 aromatic carbocycles. The van der Waals surface area contributed by atoms with Gasteiger partial charge in [0.25, 0.3) is 5.69 Å². The molecule has 0 aromatic heterocycles. The summed E-state index contributed by atoms with van der Waals surface area (Å²) in [7, 11) is 0. The molecule has 0 radical (unpaired) electrons. The molecule has 26 heavy (non-hydrogen) atoms. The Morgan fingerprint density at radius 3 is 2.38 bits per heavy atom. The molecule has 0 unspecified atom stereocenters. The number of anilines is 2. The van der Waals surface area contributed by atoms with Crippen molar-refractivity contribution in [1.82, 2.24) is 0 Å². The van der Waals surface area contributed by atoms with Gasteiger partial charge in [-0.15, -0.1) is 11.8 Å². The van der Waals surface area contributed by atoms with E-state index in [1.807, 2.05) is 32.0 Å². The molecule has 2 rings (SSSR count). The van der Waals surface area contributed by atoms with E-state index in [0.29, 0.717) is 5.69 Å². The van der Waals surface area contributed by atoms with Gasteiger partial charge in [0.15, 0.2) is 0 Å². The molecular formula is C18H19N3O4S. The highest BCUT2D eigenvalue weighted by Gasteiger charge is 2.10.